The molecule has 0 fully saturated rings. The Hall–Kier alpha value is -3.93. The molecule has 0 radical (unpaired) electrons. The number of aromatic nitrogens is 1. The second-order valence-electron chi connectivity index (χ2n) is 10.2. The fourth-order valence-corrected chi connectivity index (χ4v) is 4.15. The van der Waals surface area contributed by atoms with Gasteiger partial charge in [0.05, 0.1) is 6.04 Å². The fourth-order valence-electron chi connectivity index (χ4n) is 4.15. The summed E-state index contributed by atoms with van der Waals surface area (Å²) in [6.07, 6.45) is 2.28. The normalized spacial score (nSPS) is 15.1. The smallest absolute Gasteiger partial charge is 0.326 e. The number of rotatable bonds is 15. The second kappa shape index (κ2) is 14.3. The first-order valence-electron chi connectivity index (χ1n) is 13.1. The second-order valence-corrected chi connectivity index (χ2v) is 10.2. The number of nitrogens with one attached hydrogen (secondary N) is 4. The summed E-state index contributed by atoms with van der Waals surface area (Å²) in [6, 6.07) is 3.09. The van der Waals surface area contributed by atoms with Crippen LogP contribution in [0.15, 0.2) is 30.5 Å². The molecule has 0 aliphatic carbocycles. The van der Waals surface area contributed by atoms with Gasteiger partial charge in [-0.25, -0.2) is 4.79 Å². The summed E-state index contributed by atoms with van der Waals surface area (Å²) >= 11 is 0. The van der Waals surface area contributed by atoms with Crippen LogP contribution in [0.25, 0.3) is 10.9 Å². The van der Waals surface area contributed by atoms with Crippen LogP contribution >= 0.6 is 0 Å². The third-order valence-electron chi connectivity index (χ3n) is 6.79. The van der Waals surface area contributed by atoms with Crippen molar-refractivity contribution in [3.8, 4) is 0 Å². The van der Waals surface area contributed by atoms with Gasteiger partial charge in [-0.2, -0.15) is 0 Å². The molecule has 0 aliphatic heterocycles. The molecule has 12 heteroatoms. The molecule has 5 atom stereocenters. The predicted octanol–water partition coefficient (Wildman–Crippen LogP) is 0.544. The number of amides is 4. The molecule has 2 rings (SSSR count). The number of benzene rings is 1. The molecule has 0 saturated carbocycles. The van der Waals surface area contributed by atoms with Gasteiger partial charge in [0.15, 0.2) is 0 Å². The molecule has 9 N–H and O–H groups in total. The van der Waals surface area contributed by atoms with Gasteiger partial charge in [0.25, 0.3) is 0 Å². The zero-order chi connectivity index (χ0) is 29.3. The molecule has 214 valence electrons. The summed E-state index contributed by atoms with van der Waals surface area (Å²) in [4.78, 5) is 65.5. The number of fused-ring (bicyclic) bond motifs is 1. The van der Waals surface area contributed by atoms with Gasteiger partial charge in [0.1, 0.15) is 18.1 Å². The highest BCUT2D eigenvalue weighted by molar-refractivity contribution is 5.95. The first-order valence-corrected chi connectivity index (χ1v) is 13.1. The van der Waals surface area contributed by atoms with Crippen molar-refractivity contribution >= 4 is 40.5 Å². The first-order chi connectivity index (χ1) is 18.3. The van der Waals surface area contributed by atoms with Crippen LogP contribution in [-0.4, -0.2) is 63.9 Å². The van der Waals surface area contributed by atoms with Crippen molar-refractivity contribution in [3.05, 3.63) is 36.0 Å². The van der Waals surface area contributed by atoms with E-state index in [1.165, 1.54) is 0 Å². The maximum absolute atomic E-state index is 13.5. The average molecular weight is 545 g/mol. The van der Waals surface area contributed by atoms with Crippen LogP contribution in [0.5, 0.6) is 0 Å². The molecule has 0 saturated heterocycles. The first kappa shape index (κ1) is 31.3. The lowest BCUT2D eigenvalue weighted by Crippen LogP contribution is -2.59. The van der Waals surface area contributed by atoms with Crippen molar-refractivity contribution in [2.45, 2.75) is 77.5 Å². The zero-order valence-electron chi connectivity index (χ0n) is 22.8. The predicted molar refractivity (Wildman–Crippen MR) is 146 cm³/mol. The van der Waals surface area contributed by atoms with Crippen LogP contribution in [-0.2, 0) is 30.4 Å². The van der Waals surface area contributed by atoms with E-state index < -0.39 is 59.7 Å². The molecule has 4 amide bonds. The number of H-pyrrole nitrogens is 1. The van der Waals surface area contributed by atoms with Crippen molar-refractivity contribution in [2.75, 3.05) is 0 Å². The third kappa shape index (κ3) is 8.81. The number of carboxylic acid groups (broad SMARTS) is 1. The molecule has 2 aromatic rings. The number of nitrogens with two attached hydrogens (primary N) is 2. The lowest BCUT2D eigenvalue weighted by Gasteiger charge is -2.28. The van der Waals surface area contributed by atoms with Gasteiger partial charge in [-0.15, -0.1) is 0 Å². The van der Waals surface area contributed by atoms with Crippen molar-refractivity contribution in [1.29, 1.82) is 0 Å². The summed E-state index contributed by atoms with van der Waals surface area (Å²) in [7, 11) is 0. The van der Waals surface area contributed by atoms with Crippen molar-refractivity contribution in [1.82, 2.24) is 20.9 Å². The number of para-hydroxylation sites is 1. The minimum Gasteiger partial charge on any atom is -0.480 e. The number of hydrogen-bond acceptors (Lipinski definition) is 6. The quantitative estimate of drug-likeness (QED) is 0.169. The molecule has 1 aromatic carbocycles. The zero-order valence-corrected chi connectivity index (χ0v) is 22.8. The molecule has 0 spiro atoms. The van der Waals surface area contributed by atoms with E-state index in [1.807, 2.05) is 31.2 Å². The van der Waals surface area contributed by atoms with E-state index in [0.717, 1.165) is 16.5 Å². The highest BCUT2D eigenvalue weighted by Gasteiger charge is 2.33. The maximum Gasteiger partial charge on any atom is 0.326 e. The number of hydrogen-bond donors (Lipinski definition) is 7. The Morgan fingerprint density at radius 1 is 0.949 bits per heavy atom. The van der Waals surface area contributed by atoms with Crippen LogP contribution in [0.1, 0.15) is 52.5 Å². The van der Waals surface area contributed by atoms with Crippen molar-refractivity contribution < 1.29 is 29.1 Å². The Morgan fingerprint density at radius 2 is 1.59 bits per heavy atom. The Balaban J connectivity index is 2.32. The summed E-state index contributed by atoms with van der Waals surface area (Å²) in [5.41, 5.74) is 12.6. The van der Waals surface area contributed by atoms with E-state index in [0.29, 0.717) is 6.42 Å². The molecular formula is C27H40N6O6. The highest BCUT2D eigenvalue weighted by atomic mass is 16.4. The summed E-state index contributed by atoms with van der Waals surface area (Å²) in [5, 5.41) is 18.3. The maximum atomic E-state index is 13.5. The van der Waals surface area contributed by atoms with Crippen LogP contribution in [0, 0.1) is 11.8 Å². The lowest BCUT2D eigenvalue weighted by molar-refractivity contribution is -0.143. The van der Waals surface area contributed by atoms with Crippen LogP contribution < -0.4 is 27.4 Å². The van der Waals surface area contributed by atoms with Gasteiger partial charge in [0, 0.05) is 29.9 Å². The van der Waals surface area contributed by atoms with Crippen LogP contribution in [0.2, 0.25) is 0 Å². The number of aromatic amines is 1. The van der Waals surface area contributed by atoms with E-state index in [1.54, 1.807) is 27.0 Å². The standard InChI is InChI=1S/C27H40N6O6/c1-5-15(4)23(33-24(35)18(28)10-11-21(29)34)26(37)31-20(25(36)32-22(14(2)3)27(38)39)12-16-13-30-19-9-7-6-8-17(16)19/h6-9,13-15,18,20,22-23,30H,5,10-12,28H2,1-4H3,(H2,29,34)(H,31,37)(H,32,36)(H,33,35)(H,38,39). The van der Waals surface area contributed by atoms with Gasteiger partial charge in [-0.3, -0.25) is 19.2 Å². The number of carboxylic acids is 1. The van der Waals surface area contributed by atoms with E-state index in [-0.39, 0.29) is 25.2 Å². The number of primary amides is 1. The summed E-state index contributed by atoms with van der Waals surface area (Å²) in [6.45, 7) is 6.96. The Bertz CT molecular complexity index is 1180. The summed E-state index contributed by atoms with van der Waals surface area (Å²) < 4.78 is 0. The molecule has 5 unspecified atom stereocenters. The topological polar surface area (TPSA) is 209 Å². The molecule has 12 nitrogen and oxygen atoms in total. The van der Waals surface area contributed by atoms with Crippen LogP contribution in [0.4, 0.5) is 0 Å². The Labute approximate surface area is 227 Å². The van der Waals surface area contributed by atoms with Gasteiger partial charge in [0.2, 0.25) is 23.6 Å². The van der Waals surface area contributed by atoms with E-state index in [4.69, 9.17) is 11.5 Å². The molecule has 0 bridgehead atoms. The van der Waals surface area contributed by atoms with Crippen molar-refractivity contribution in [2.24, 2.45) is 23.3 Å². The number of aliphatic carboxylic acids is 1. The van der Waals surface area contributed by atoms with Crippen LogP contribution in [0.3, 0.4) is 0 Å². The van der Waals surface area contributed by atoms with E-state index in [9.17, 15) is 29.1 Å². The molecular weight excluding hydrogens is 504 g/mol. The lowest BCUT2D eigenvalue weighted by atomic mass is 9.96. The minimum absolute atomic E-state index is 0.0212. The molecule has 39 heavy (non-hydrogen) atoms. The van der Waals surface area contributed by atoms with Gasteiger partial charge < -0.3 is 37.5 Å². The van der Waals surface area contributed by atoms with E-state index in [2.05, 4.69) is 20.9 Å². The van der Waals surface area contributed by atoms with Gasteiger partial charge in [-0.05, 0) is 29.9 Å². The average Bonchev–Trinajstić information content (AvgIpc) is 3.29. The van der Waals surface area contributed by atoms with Gasteiger partial charge in [-0.1, -0.05) is 52.3 Å². The number of carbonyl (C=O) groups is 5. The van der Waals surface area contributed by atoms with Crippen molar-refractivity contribution in [3.63, 3.8) is 0 Å². The van der Waals surface area contributed by atoms with Gasteiger partial charge >= 0.3 is 5.97 Å². The monoisotopic (exact) mass is 544 g/mol. The molecule has 0 aliphatic rings. The Kier molecular flexibility index (Phi) is 11.5. The Morgan fingerprint density at radius 3 is 2.18 bits per heavy atom. The van der Waals surface area contributed by atoms with E-state index >= 15 is 0 Å². The minimum atomic E-state index is -1.19. The molecule has 1 heterocycles. The SMILES string of the molecule is CCC(C)C(NC(=O)C(N)CCC(N)=O)C(=O)NC(Cc1c[nH]c2ccccc12)C(=O)NC(C(=O)O)C(C)C. The fraction of sp³-hybridized carbons (Fsp3) is 0.519. The largest absolute Gasteiger partial charge is 0.480 e. The number of carbonyl (C=O) groups excluding carboxylic acids is 4. The summed E-state index contributed by atoms with van der Waals surface area (Å²) in [5.74, 6) is -4.41. The molecule has 1 aromatic heterocycles. The third-order valence-corrected chi connectivity index (χ3v) is 6.79. The highest BCUT2D eigenvalue weighted by Crippen LogP contribution is 2.20.